The molecule has 0 spiro atoms. The van der Waals surface area contributed by atoms with Gasteiger partial charge in [0, 0.05) is 18.8 Å². The van der Waals surface area contributed by atoms with Gasteiger partial charge in [0.05, 0.1) is 5.92 Å². The fourth-order valence-corrected chi connectivity index (χ4v) is 4.43. The predicted octanol–water partition coefficient (Wildman–Crippen LogP) is 5.70. The molecule has 160 valence electrons. The van der Waals surface area contributed by atoms with Crippen molar-refractivity contribution in [3.63, 3.8) is 0 Å². The Morgan fingerprint density at radius 2 is 1.77 bits per heavy atom. The van der Waals surface area contributed by atoms with E-state index in [4.69, 9.17) is 0 Å². The van der Waals surface area contributed by atoms with Crippen LogP contribution in [0.3, 0.4) is 0 Å². The molecule has 1 aliphatic carbocycles. The van der Waals surface area contributed by atoms with Crippen molar-refractivity contribution in [2.75, 3.05) is 0 Å². The third-order valence-corrected chi connectivity index (χ3v) is 6.38. The SMILES string of the molecule is CCCCCCc1cnc(C(C(=O)C2CCC(CC)CC2=O)c2ccccc2)nc1. The van der Waals surface area contributed by atoms with Crippen molar-refractivity contribution in [2.24, 2.45) is 11.8 Å². The molecule has 1 heterocycles. The highest BCUT2D eigenvalue weighted by Gasteiger charge is 2.38. The first kappa shape index (κ1) is 22.3. The summed E-state index contributed by atoms with van der Waals surface area (Å²) in [5, 5.41) is 0. The number of aryl methyl sites for hydroxylation is 1. The van der Waals surface area contributed by atoms with Crippen LogP contribution in [-0.2, 0) is 16.0 Å². The molecular formula is C26H34N2O2. The van der Waals surface area contributed by atoms with Crippen LogP contribution in [0, 0.1) is 11.8 Å². The van der Waals surface area contributed by atoms with E-state index in [1.165, 1.54) is 19.3 Å². The lowest BCUT2D eigenvalue weighted by Crippen LogP contribution is -2.34. The van der Waals surface area contributed by atoms with E-state index in [1.54, 1.807) is 0 Å². The molecule has 1 aromatic carbocycles. The minimum atomic E-state index is -0.576. The summed E-state index contributed by atoms with van der Waals surface area (Å²) in [6, 6.07) is 9.66. The number of hydrogen-bond donors (Lipinski definition) is 0. The summed E-state index contributed by atoms with van der Waals surface area (Å²) in [7, 11) is 0. The first-order chi connectivity index (χ1) is 14.6. The van der Waals surface area contributed by atoms with Gasteiger partial charge in [-0.3, -0.25) is 9.59 Å². The molecule has 0 amide bonds. The molecule has 0 N–H and O–H groups in total. The molecule has 30 heavy (non-hydrogen) atoms. The van der Waals surface area contributed by atoms with Gasteiger partial charge in [0.2, 0.25) is 0 Å². The molecule has 0 aliphatic heterocycles. The van der Waals surface area contributed by atoms with Gasteiger partial charge in [-0.2, -0.15) is 0 Å². The highest BCUT2D eigenvalue weighted by atomic mass is 16.2. The molecule has 0 radical (unpaired) electrons. The molecule has 1 aliphatic rings. The maximum absolute atomic E-state index is 13.5. The van der Waals surface area contributed by atoms with Gasteiger partial charge >= 0.3 is 0 Å². The van der Waals surface area contributed by atoms with Crippen molar-refractivity contribution >= 4 is 11.6 Å². The Labute approximate surface area is 180 Å². The Morgan fingerprint density at radius 1 is 1.03 bits per heavy atom. The number of rotatable bonds is 10. The summed E-state index contributed by atoms with van der Waals surface area (Å²) in [5.41, 5.74) is 1.97. The first-order valence-electron chi connectivity index (χ1n) is 11.6. The number of hydrogen-bond acceptors (Lipinski definition) is 4. The van der Waals surface area contributed by atoms with Crippen molar-refractivity contribution in [2.45, 2.75) is 77.6 Å². The van der Waals surface area contributed by atoms with E-state index in [0.717, 1.165) is 36.8 Å². The lowest BCUT2D eigenvalue weighted by atomic mass is 9.74. The number of carbonyl (C=O) groups excluding carboxylic acids is 2. The van der Waals surface area contributed by atoms with Gasteiger partial charge in [0.25, 0.3) is 0 Å². The fraction of sp³-hybridized carbons (Fsp3) is 0.538. The Bertz CT molecular complexity index is 817. The quantitative estimate of drug-likeness (QED) is 0.375. The van der Waals surface area contributed by atoms with Gasteiger partial charge in [-0.05, 0) is 42.7 Å². The van der Waals surface area contributed by atoms with Crippen LogP contribution in [-0.4, -0.2) is 21.5 Å². The van der Waals surface area contributed by atoms with Gasteiger partial charge in [-0.15, -0.1) is 0 Å². The van der Waals surface area contributed by atoms with E-state index in [1.807, 2.05) is 42.7 Å². The Balaban J connectivity index is 1.80. The zero-order valence-electron chi connectivity index (χ0n) is 18.3. The van der Waals surface area contributed by atoms with E-state index < -0.39 is 11.8 Å². The number of Topliss-reactive ketones (excluding diaryl/α,β-unsaturated/α-hetero) is 2. The van der Waals surface area contributed by atoms with Crippen molar-refractivity contribution < 1.29 is 9.59 Å². The number of unbranched alkanes of at least 4 members (excludes halogenated alkanes) is 3. The first-order valence-corrected chi connectivity index (χ1v) is 11.6. The van der Waals surface area contributed by atoms with E-state index in [-0.39, 0.29) is 11.6 Å². The maximum atomic E-state index is 13.5. The molecular weight excluding hydrogens is 372 g/mol. The van der Waals surface area contributed by atoms with Gasteiger partial charge in [-0.25, -0.2) is 9.97 Å². The Hall–Kier alpha value is -2.36. The topological polar surface area (TPSA) is 59.9 Å². The highest BCUT2D eigenvalue weighted by molar-refractivity contribution is 6.06. The number of benzene rings is 1. The number of nitrogens with zero attached hydrogens (tertiary/aromatic N) is 2. The average molecular weight is 407 g/mol. The van der Waals surface area contributed by atoms with E-state index >= 15 is 0 Å². The second kappa shape index (κ2) is 11.1. The summed E-state index contributed by atoms with van der Waals surface area (Å²) in [6.07, 6.45) is 12.6. The van der Waals surface area contributed by atoms with Crippen LogP contribution in [0.5, 0.6) is 0 Å². The third kappa shape index (κ3) is 5.62. The molecule has 4 nitrogen and oxygen atoms in total. The van der Waals surface area contributed by atoms with Crippen molar-refractivity contribution in [3.8, 4) is 0 Å². The molecule has 1 fully saturated rings. The van der Waals surface area contributed by atoms with Crippen LogP contribution in [0.15, 0.2) is 42.7 Å². The molecule has 0 saturated heterocycles. The Kier molecular flexibility index (Phi) is 8.30. The van der Waals surface area contributed by atoms with Crippen LogP contribution in [0.25, 0.3) is 0 Å². The standard InChI is InChI=1S/C26H34N2O2/c1-3-5-6-8-11-20-17-27-26(28-18-20)24(21-12-9-7-10-13-21)25(30)22-15-14-19(4-2)16-23(22)29/h7,9-10,12-13,17-19,22,24H,3-6,8,11,14-16H2,1-2H3. The maximum Gasteiger partial charge on any atom is 0.158 e. The number of carbonyl (C=O) groups is 2. The normalized spacial score (nSPS) is 20.1. The lowest BCUT2D eigenvalue weighted by Gasteiger charge is -2.28. The summed E-state index contributed by atoms with van der Waals surface area (Å²) in [6.45, 7) is 4.32. The van der Waals surface area contributed by atoms with Gasteiger partial charge < -0.3 is 0 Å². The van der Waals surface area contributed by atoms with E-state index in [2.05, 4.69) is 23.8 Å². The average Bonchev–Trinajstić information content (AvgIpc) is 2.78. The van der Waals surface area contributed by atoms with E-state index in [0.29, 0.717) is 24.6 Å². The van der Waals surface area contributed by atoms with Gasteiger partial charge in [0.1, 0.15) is 17.5 Å². The lowest BCUT2D eigenvalue weighted by molar-refractivity contribution is -0.135. The summed E-state index contributed by atoms with van der Waals surface area (Å²) < 4.78 is 0. The van der Waals surface area contributed by atoms with E-state index in [9.17, 15) is 9.59 Å². The van der Waals surface area contributed by atoms with Crippen LogP contribution < -0.4 is 0 Å². The fourth-order valence-electron chi connectivity index (χ4n) is 4.43. The number of ketones is 2. The smallest absolute Gasteiger partial charge is 0.158 e. The molecule has 1 aromatic heterocycles. The van der Waals surface area contributed by atoms with Crippen LogP contribution in [0.1, 0.15) is 88.1 Å². The van der Waals surface area contributed by atoms with Crippen LogP contribution in [0.2, 0.25) is 0 Å². The predicted molar refractivity (Wildman–Crippen MR) is 119 cm³/mol. The molecule has 4 heteroatoms. The zero-order chi connectivity index (χ0) is 21.3. The van der Waals surface area contributed by atoms with Crippen molar-refractivity contribution in [3.05, 3.63) is 59.7 Å². The third-order valence-electron chi connectivity index (χ3n) is 6.38. The second-order valence-electron chi connectivity index (χ2n) is 8.58. The summed E-state index contributed by atoms with van der Waals surface area (Å²) in [5.74, 6) is -0.139. The molecule has 1 saturated carbocycles. The second-order valence-corrected chi connectivity index (χ2v) is 8.58. The zero-order valence-corrected chi connectivity index (χ0v) is 18.3. The molecule has 3 unspecified atom stereocenters. The van der Waals surface area contributed by atoms with Crippen molar-refractivity contribution in [1.29, 1.82) is 0 Å². The largest absolute Gasteiger partial charge is 0.299 e. The Morgan fingerprint density at radius 3 is 2.40 bits per heavy atom. The molecule has 3 rings (SSSR count). The minimum Gasteiger partial charge on any atom is -0.299 e. The monoisotopic (exact) mass is 406 g/mol. The van der Waals surface area contributed by atoms with Gasteiger partial charge in [-0.1, -0.05) is 69.9 Å². The minimum absolute atomic E-state index is 0.0450. The number of aromatic nitrogens is 2. The van der Waals surface area contributed by atoms with Crippen LogP contribution >= 0.6 is 0 Å². The summed E-state index contributed by atoms with van der Waals surface area (Å²) >= 11 is 0. The summed E-state index contributed by atoms with van der Waals surface area (Å²) in [4.78, 5) is 35.4. The highest BCUT2D eigenvalue weighted by Crippen LogP contribution is 2.34. The van der Waals surface area contributed by atoms with Crippen molar-refractivity contribution in [1.82, 2.24) is 9.97 Å². The van der Waals surface area contributed by atoms with Crippen LogP contribution in [0.4, 0.5) is 0 Å². The molecule has 3 atom stereocenters. The molecule has 0 bridgehead atoms. The molecule has 2 aromatic rings. The van der Waals surface area contributed by atoms with Gasteiger partial charge in [0.15, 0.2) is 5.78 Å².